The third-order valence-corrected chi connectivity index (χ3v) is 2.20. The minimum atomic E-state index is -0.959. The number of hydrogen-bond donors (Lipinski definition) is 1. The second kappa shape index (κ2) is 4.32. The summed E-state index contributed by atoms with van der Waals surface area (Å²) in [5.41, 5.74) is 5.51. The highest BCUT2D eigenvalue weighted by molar-refractivity contribution is 5.24. The van der Waals surface area contributed by atoms with E-state index in [1.165, 1.54) is 18.2 Å². The summed E-state index contributed by atoms with van der Waals surface area (Å²) in [7, 11) is 0. The fourth-order valence-electron chi connectivity index (χ4n) is 1.39. The van der Waals surface area contributed by atoms with Gasteiger partial charge in [-0.05, 0) is 23.8 Å². The highest BCUT2D eigenvalue weighted by Crippen LogP contribution is 2.09. The molecule has 0 amide bonds. The number of hydrogen-bond acceptors (Lipinski definition) is 3. The molecule has 0 saturated heterocycles. The third-order valence-electron chi connectivity index (χ3n) is 2.20. The Morgan fingerprint density at radius 3 is 2.65 bits per heavy atom. The second-order valence-electron chi connectivity index (χ2n) is 3.50. The van der Waals surface area contributed by atoms with Crippen molar-refractivity contribution in [3.8, 4) is 0 Å². The number of nitrogen functional groups attached to an aromatic ring is 1. The molecule has 0 aliphatic rings. The Balaban J connectivity index is 2.34. The lowest BCUT2D eigenvalue weighted by Crippen LogP contribution is -2.23. The minimum absolute atomic E-state index is 0.0427. The van der Waals surface area contributed by atoms with Gasteiger partial charge in [0.05, 0.1) is 6.54 Å². The van der Waals surface area contributed by atoms with Crippen LogP contribution in [0.2, 0.25) is 0 Å². The van der Waals surface area contributed by atoms with Gasteiger partial charge in [-0.25, -0.2) is 13.5 Å². The van der Waals surface area contributed by atoms with Crippen molar-refractivity contribution in [3.05, 3.63) is 57.9 Å². The number of aromatic nitrogens is 2. The monoisotopic (exact) mass is 237 g/mol. The number of nitrogens with two attached hydrogens (primary N) is 1. The van der Waals surface area contributed by atoms with Crippen molar-refractivity contribution in [1.29, 1.82) is 0 Å². The lowest BCUT2D eigenvalue weighted by Gasteiger charge is -2.05. The Kier molecular flexibility index (Phi) is 2.86. The molecule has 0 aliphatic heterocycles. The molecule has 0 unspecified atom stereocenters. The van der Waals surface area contributed by atoms with Gasteiger partial charge in [0.1, 0.15) is 5.82 Å². The third kappa shape index (κ3) is 2.47. The maximum absolute atomic E-state index is 13.0. The van der Waals surface area contributed by atoms with Crippen molar-refractivity contribution in [1.82, 2.24) is 9.78 Å². The summed E-state index contributed by atoms with van der Waals surface area (Å²) in [4.78, 5) is 11.4. The molecule has 17 heavy (non-hydrogen) atoms. The SMILES string of the molecule is Nc1ccc(=O)n(Cc2ccc(F)c(F)c2)n1. The van der Waals surface area contributed by atoms with E-state index in [0.29, 0.717) is 5.56 Å². The number of rotatable bonds is 2. The van der Waals surface area contributed by atoms with Crippen LogP contribution in [0.3, 0.4) is 0 Å². The molecule has 2 rings (SSSR count). The molecule has 0 aliphatic carbocycles. The topological polar surface area (TPSA) is 60.9 Å². The molecule has 88 valence electrons. The Labute approximate surface area is 95.3 Å². The zero-order valence-electron chi connectivity index (χ0n) is 8.73. The molecule has 0 fully saturated rings. The van der Waals surface area contributed by atoms with E-state index in [0.717, 1.165) is 16.8 Å². The number of benzene rings is 1. The lowest BCUT2D eigenvalue weighted by molar-refractivity contribution is 0.505. The van der Waals surface area contributed by atoms with Crippen molar-refractivity contribution >= 4 is 5.82 Å². The van der Waals surface area contributed by atoms with Crippen LogP contribution in [0.4, 0.5) is 14.6 Å². The van der Waals surface area contributed by atoms with E-state index >= 15 is 0 Å². The fraction of sp³-hybridized carbons (Fsp3) is 0.0909. The van der Waals surface area contributed by atoms with Crippen LogP contribution in [0.15, 0.2) is 35.1 Å². The molecular formula is C11H9F2N3O. The summed E-state index contributed by atoms with van der Waals surface area (Å²) in [5, 5.41) is 3.79. The highest BCUT2D eigenvalue weighted by atomic mass is 19.2. The first-order valence-corrected chi connectivity index (χ1v) is 4.84. The van der Waals surface area contributed by atoms with Gasteiger partial charge in [-0.15, -0.1) is 0 Å². The predicted octanol–water partition coefficient (Wildman–Crippen LogP) is 1.15. The zero-order valence-corrected chi connectivity index (χ0v) is 8.73. The molecule has 1 aromatic carbocycles. The summed E-state index contributed by atoms with van der Waals surface area (Å²) in [6, 6.07) is 6.05. The van der Waals surface area contributed by atoms with Crippen LogP contribution in [-0.4, -0.2) is 9.78 Å². The molecular weight excluding hydrogens is 228 g/mol. The smallest absolute Gasteiger partial charge is 0.267 e. The van der Waals surface area contributed by atoms with Crippen molar-refractivity contribution in [2.24, 2.45) is 0 Å². The summed E-state index contributed by atoms with van der Waals surface area (Å²) in [5.74, 6) is -1.70. The molecule has 1 aromatic heterocycles. The maximum atomic E-state index is 13.0. The largest absolute Gasteiger partial charge is 0.382 e. The molecule has 2 aromatic rings. The Bertz CT molecular complexity index is 610. The Hall–Kier alpha value is -2.24. The quantitative estimate of drug-likeness (QED) is 0.852. The van der Waals surface area contributed by atoms with Crippen LogP contribution in [0.1, 0.15) is 5.56 Å². The average molecular weight is 237 g/mol. The summed E-state index contributed by atoms with van der Waals surface area (Å²) in [6.07, 6.45) is 0. The molecule has 0 saturated carbocycles. The fourth-order valence-corrected chi connectivity index (χ4v) is 1.39. The summed E-state index contributed by atoms with van der Waals surface area (Å²) < 4.78 is 26.7. The van der Waals surface area contributed by atoms with Crippen molar-refractivity contribution < 1.29 is 8.78 Å². The van der Waals surface area contributed by atoms with Gasteiger partial charge in [-0.1, -0.05) is 6.07 Å². The lowest BCUT2D eigenvalue weighted by atomic mass is 10.2. The maximum Gasteiger partial charge on any atom is 0.267 e. The van der Waals surface area contributed by atoms with Crippen LogP contribution >= 0.6 is 0 Å². The number of anilines is 1. The van der Waals surface area contributed by atoms with Crippen LogP contribution in [-0.2, 0) is 6.54 Å². The Morgan fingerprint density at radius 1 is 1.18 bits per heavy atom. The van der Waals surface area contributed by atoms with Gasteiger partial charge in [-0.3, -0.25) is 4.79 Å². The summed E-state index contributed by atoms with van der Waals surface area (Å²) >= 11 is 0. The highest BCUT2D eigenvalue weighted by Gasteiger charge is 2.05. The van der Waals surface area contributed by atoms with E-state index in [4.69, 9.17) is 5.73 Å². The van der Waals surface area contributed by atoms with Crippen LogP contribution in [0, 0.1) is 11.6 Å². The van der Waals surface area contributed by atoms with E-state index in [1.807, 2.05) is 0 Å². The standard InChI is InChI=1S/C11H9F2N3O/c12-8-2-1-7(5-9(8)13)6-16-11(17)4-3-10(14)15-16/h1-5H,6H2,(H2,14,15). The van der Waals surface area contributed by atoms with Crippen molar-refractivity contribution in [3.63, 3.8) is 0 Å². The van der Waals surface area contributed by atoms with Crippen molar-refractivity contribution in [2.75, 3.05) is 5.73 Å². The van der Waals surface area contributed by atoms with Gasteiger partial charge >= 0.3 is 0 Å². The van der Waals surface area contributed by atoms with Gasteiger partial charge in [0, 0.05) is 6.07 Å². The average Bonchev–Trinajstić information content (AvgIpc) is 2.29. The number of nitrogens with zero attached hydrogens (tertiary/aromatic N) is 2. The van der Waals surface area contributed by atoms with E-state index in [-0.39, 0.29) is 17.9 Å². The second-order valence-corrected chi connectivity index (χ2v) is 3.50. The molecule has 0 atom stereocenters. The van der Waals surface area contributed by atoms with Gasteiger partial charge in [0.15, 0.2) is 11.6 Å². The first-order chi connectivity index (χ1) is 8.06. The molecule has 1 heterocycles. The van der Waals surface area contributed by atoms with Crippen molar-refractivity contribution in [2.45, 2.75) is 6.54 Å². The Morgan fingerprint density at radius 2 is 1.94 bits per heavy atom. The summed E-state index contributed by atoms with van der Waals surface area (Å²) in [6.45, 7) is 0.0427. The number of halogens is 2. The first-order valence-electron chi connectivity index (χ1n) is 4.84. The van der Waals surface area contributed by atoms with Crippen LogP contribution in [0.5, 0.6) is 0 Å². The molecule has 2 N–H and O–H groups in total. The van der Waals surface area contributed by atoms with E-state index in [1.54, 1.807) is 0 Å². The molecule has 6 heteroatoms. The van der Waals surface area contributed by atoms with E-state index < -0.39 is 11.6 Å². The van der Waals surface area contributed by atoms with Gasteiger partial charge in [0.25, 0.3) is 5.56 Å². The normalized spacial score (nSPS) is 10.5. The molecule has 0 spiro atoms. The van der Waals surface area contributed by atoms with Gasteiger partial charge in [0.2, 0.25) is 0 Å². The molecule has 0 radical (unpaired) electrons. The van der Waals surface area contributed by atoms with Crippen LogP contribution < -0.4 is 11.3 Å². The first kappa shape index (κ1) is 11.3. The van der Waals surface area contributed by atoms with Crippen LogP contribution in [0.25, 0.3) is 0 Å². The zero-order chi connectivity index (χ0) is 12.4. The predicted molar refractivity (Wildman–Crippen MR) is 58.4 cm³/mol. The van der Waals surface area contributed by atoms with E-state index in [2.05, 4.69) is 5.10 Å². The molecule has 4 nitrogen and oxygen atoms in total. The molecule has 0 bridgehead atoms. The van der Waals surface area contributed by atoms with E-state index in [9.17, 15) is 13.6 Å². The van der Waals surface area contributed by atoms with Gasteiger partial charge < -0.3 is 5.73 Å². The minimum Gasteiger partial charge on any atom is -0.382 e. The van der Waals surface area contributed by atoms with Gasteiger partial charge in [-0.2, -0.15) is 5.10 Å².